The fourth-order valence-corrected chi connectivity index (χ4v) is 3.69. The van der Waals surface area contributed by atoms with E-state index in [0.29, 0.717) is 5.69 Å². The number of nitrogens with zero attached hydrogens (tertiary/aromatic N) is 1. The van der Waals surface area contributed by atoms with Crippen LogP contribution in [0.1, 0.15) is 31.1 Å². The summed E-state index contributed by atoms with van der Waals surface area (Å²) in [6.07, 6.45) is 0. The topological polar surface area (TPSA) is 78.5 Å². The number of amides is 1. The lowest BCUT2D eigenvalue weighted by atomic mass is 10.2. The van der Waals surface area contributed by atoms with Gasteiger partial charge in [-0.15, -0.1) is 0 Å². The number of rotatable bonds is 7. The van der Waals surface area contributed by atoms with Crippen LogP contribution < -0.4 is 14.9 Å². The molecule has 0 atom stereocenters. The van der Waals surface area contributed by atoms with E-state index in [0.717, 1.165) is 12.2 Å². The molecule has 0 radical (unpaired) electrons. The molecular weight excluding hydrogens is 350 g/mol. The molecule has 0 aliphatic rings. The molecule has 0 bridgehead atoms. The van der Waals surface area contributed by atoms with Crippen LogP contribution in [0.4, 0.5) is 11.4 Å². The maximum absolute atomic E-state index is 12.5. The van der Waals surface area contributed by atoms with Gasteiger partial charge in [-0.25, -0.2) is 13.1 Å². The van der Waals surface area contributed by atoms with Crippen LogP contribution in [0, 0.1) is 0 Å². The average Bonchev–Trinajstić information content (AvgIpc) is 2.60. The van der Waals surface area contributed by atoms with Crippen molar-refractivity contribution in [1.29, 1.82) is 0 Å². The molecule has 0 fully saturated rings. The van der Waals surface area contributed by atoms with Crippen LogP contribution in [-0.4, -0.2) is 34.0 Å². The van der Waals surface area contributed by atoms with Crippen molar-refractivity contribution in [3.05, 3.63) is 54.1 Å². The zero-order valence-corrected chi connectivity index (χ0v) is 16.3. The van der Waals surface area contributed by atoms with Gasteiger partial charge in [-0.05, 0) is 57.2 Å². The molecule has 0 aromatic heterocycles. The van der Waals surface area contributed by atoms with Crippen LogP contribution >= 0.6 is 0 Å². The second-order valence-corrected chi connectivity index (χ2v) is 8.04. The Morgan fingerprint density at radius 1 is 1.12 bits per heavy atom. The van der Waals surface area contributed by atoms with E-state index in [4.69, 9.17) is 0 Å². The molecule has 7 heteroatoms. The van der Waals surface area contributed by atoms with Crippen molar-refractivity contribution in [2.45, 2.75) is 31.7 Å². The third-order valence-electron chi connectivity index (χ3n) is 3.82. The molecule has 140 valence electrons. The number of carbonyl (C=O) groups is 1. The van der Waals surface area contributed by atoms with Crippen molar-refractivity contribution in [3.8, 4) is 0 Å². The average molecular weight is 375 g/mol. The number of hydrogen-bond acceptors (Lipinski definition) is 4. The summed E-state index contributed by atoms with van der Waals surface area (Å²) in [7, 11) is -1.68. The summed E-state index contributed by atoms with van der Waals surface area (Å²) in [6.45, 7) is 6.38. The van der Waals surface area contributed by atoms with Crippen LogP contribution in [0.5, 0.6) is 0 Å². The Labute approximate surface area is 155 Å². The van der Waals surface area contributed by atoms with Crippen molar-refractivity contribution >= 4 is 27.3 Å². The van der Waals surface area contributed by atoms with Crippen molar-refractivity contribution in [1.82, 2.24) is 4.72 Å². The Balaban J connectivity index is 2.22. The molecule has 2 rings (SSSR count). The highest BCUT2D eigenvalue weighted by Crippen LogP contribution is 2.19. The van der Waals surface area contributed by atoms with Gasteiger partial charge in [0.25, 0.3) is 5.91 Å². The monoisotopic (exact) mass is 375 g/mol. The van der Waals surface area contributed by atoms with Crippen LogP contribution in [0.15, 0.2) is 53.4 Å². The van der Waals surface area contributed by atoms with E-state index >= 15 is 0 Å². The molecule has 6 nitrogen and oxygen atoms in total. The molecule has 0 heterocycles. The van der Waals surface area contributed by atoms with E-state index in [-0.39, 0.29) is 22.4 Å². The van der Waals surface area contributed by atoms with Gasteiger partial charge in [0.2, 0.25) is 10.0 Å². The van der Waals surface area contributed by atoms with Crippen LogP contribution in [0.2, 0.25) is 0 Å². The normalized spacial score (nSPS) is 11.4. The fraction of sp³-hybridized carbons (Fsp3) is 0.316. The maximum Gasteiger partial charge on any atom is 0.255 e. The summed E-state index contributed by atoms with van der Waals surface area (Å²) >= 11 is 0. The van der Waals surface area contributed by atoms with Gasteiger partial charge in [0.1, 0.15) is 0 Å². The summed E-state index contributed by atoms with van der Waals surface area (Å²) in [5.74, 6) is -0.358. The SMILES string of the molecule is CCN(C)c1cccc(NC(=O)c2cccc(S(=O)(=O)NC(C)C)c2)c1. The van der Waals surface area contributed by atoms with Crippen LogP contribution in [0.25, 0.3) is 0 Å². The number of benzene rings is 2. The molecular formula is C19H25N3O3S. The highest BCUT2D eigenvalue weighted by atomic mass is 32.2. The molecule has 0 aliphatic heterocycles. The summed E-state index contributed by atoms with van der Waals surface area (Å²) in [6, 6.07) is 13.3. The first-order chi connectivity index (χ1) is 12.2. The smallest absolute Gasteiger partial charge is 0.255 e. The molecule has 0 aliphatic carbocycles. The van der Waals surface area contributed by atoms with E-state index in [9.17, 15) is 13.2 Å². The Morgan fingerprint density at radius 2 is 1.81 bits per heavy atom. The largest absolute Gasteiger partial charge is 0.375 e. The van der Waals surface area contributed by atoms with Crippen LogP contribution in [0.3, 0.4) is 0 Å². The van der Waals surface area contributed by atoms with Gasteiger partial charge in [0, 0.05) is 36.6 Å². The molecule has 1 amide bonds. The van der Waals surface area contributed by atoms with Gasteiger partial charge >= 0.3 is 0 Å². The van der Waals surface area contributed by atoms with Gasteiger partial charge in [0.15, 0.2) is 0 Å². The second-order valence-electron chi connectivity index (χ2n) is 6.32. The quantitative estimate of drug-likeness (QED) is 0.779. The van der Waals surface area contributed by atoms with E-state index in [1.54, 1.807) is 32.0 Å². The molecule has 0 unspecified atom stereocenters. The van der Waals surface area contributed by atoms with Gasteiger partial charge in [-0.2, -0.15) is 0 Å². The highest BCUT2D eigenvalue weighted by Gasteiger charge is 2.17. The maximum atomic E-state index is 12.5. The Hall–Kier alpha value is -2.38. The van der Waals surface area contributed by atoms with Crippen molar-refractivity contribution in [2.75, 3.05) is 23.8 Å². The minimum Gasteiger partial charge on any atom is -0.375 e. The standard InChI is InChI=1S/C19H25N3O3S/c1-5-22(4)17-10-7-9-16(13-17)20-19(23)15-8-6-11-18(12-15)26(24,25)21-14(2)3/h6-14,21H,5H2,1-4H3,(H,20,23). The lowest BCUT2D eigenvalue weighted by Crippen LogP contribution is -2.30. The zero-order valence-electron chi connectivity index (χ0n) is 15.5. The summed E-state index contributed by atoms with van der Waals surface area (Å²) in [4.78, 5) is 14.7. The number of anilines is 2. The van der Waals surface area contributed by atoms with Crippen molar-refractivity contribution in [3.63, 3.8) is 0 Å². The van der Waals surface area contributed by atoms with E-state index in [2.05, 4.69) is 14.9 Å². The molecule has 0 saturated carbocycles. The fourth-order valence-electron chi connectivity index (χ4n) is 2.39. The number of sulfonamides is 1. The zero-order chi connectivity index (χ0) is 19.3. The third kappa shape index (κ3) is 5.06. The van der Waals surface area contributed by atoms with Crippen molar-refractivity contribution in [2.24, 2.45) is 0 Å². The number of hydrogen-bond donors (Lipinski definition) is 2. The predicted molar refractivity (Wildman–Crippen MR) is 105 cm³/mol. The van der Waals surface area contributed by atoms with Crippen molar-refractivity contribution < 1.29 is 13.2 Å². The summed E-state index contributed by atoms with van der Waals surface area (Å²) in [5.41, 5.74) is 1.93. The first-order valence-corrected chi connectivity index (χ1v) is 9.96. The minimum absolute atomic E-state index is 0.0679. The Bertz CT molecular complexity index is 879. The predicted octanol–water partition coefficient (Wildman–Crippen LogP) is 3.08. The van der Waals surface area contributed by atoms with E-state index in [1.807, 2.05) is 32.2 Å². The lowest BCUT2D eigenvalue weighted by Gasteiger charge is -2.17. The van der Waals surface area contributed by atoms with Crippen LogP contribution in [-0.2, 0) is 10.0 Å². The highest BCUT2D eigenvalue weighted by molar-refractivity contribution is 7.89. The minimum atomic E-state index is -3.65. The first-order valence-electron chi connectivity index (χ1n) is 8.48. The van der Waals surface area contributed by atoms with Gasteiger partial charge < -0.3 is 10.2 Å². The second kappa shape index (κ2) is 8.33. The summed E-state index contributed by atoms with van der Waals surface area (Å²) < 4.78 is 27.1. The first kappa shape index (κ1) is 19.9. The molecule has 2 aromatic carbocycles. The van der Waals surface area contributed by atoms with E-state index in [1.165, 1.54) is 12.1 Å². The molecule has 0 spiro atoms. The number of nitrogens with one attached hydrogen (secondary N) is 2. The van der Waals surface area contributed by atoms with Gasteiger partial charge in [-0.3, -0.25) is 4.79 Å². The Kier molecular flexibility index (Phi) is 6.39. The number of carbonyl (C=O) groups excluding carboxylic acids is 1. The molecule has 2 aromatic rings. The molecule has 2 N–H and O–H groups in total. The van der Waals surface area contributed by atoms with E-state index < -0.39 is 10.0 Å². The summed E-state index contributed by atoms with van der Waals surface area (Å²) in [5, 5.41) is 2.82. The third-order valence-corrected chi connectivity index (χ3v) is 5.47. The Morgan fingerprint density at radius 3 is 2.46 bits per heavy atom. The molecule has 26 heavy (non-hydrogen) atoms. The molecule has 0 saturated heterocycles. The van der Waals surface area contributed by atoms with Gasteiger partial charge in [0.05, 0.1) is 4.90 Å². The lowest BCUT2D eigenvalue weighted by molar-refractivity contribution is 0.102. The van der Waals surface area contributed by atoms with Gasteiger partial charge in [-0.1, -0.05) is 12.1 Å².